The van der Waals surface area contributed by atoms with Crippen molar-refractivity contribution >= 4 is 29.3 Å². The van der Waals surface area contributed by atoms with Crippen molar-refractivity contribution in [3.05, 3.63) is 47.0 Å². The Hall–Kier alpha value is -3.75. The standard InChI is InChI=1S/C27H35N3O6/c1-16-9-8-10-17(2)24(16)30-27(34)29-20-15-23(36-4)22(35-3)14-19(20)25(31)28-21(26(32)33)13-18-11-6-5-7-12-18/h8-10,14-15,18,21H,5-7,11-13H2,1-4H3,(H,28,31)(H,32,33)(H2,29,30,34)/t21-/m0/s1. The third-order valence-corrected chi connectivity index (χ3v) is 6.63. The lowest BCUT2D eigenvalue weighted by molar-refractivity contribution is -0.139. The Morgan fingerprint density at radius 1 is 0.972 bits per heavy atom. The molecule has 1 saturated carbocycles. The Bertz CT molecular complexity index is 1090. The van der Waals surface area contributed by atoms with Crippen molar-refractivity contribution in [1.82, 2.24) is 5.32 Å². The van der Waals surface area contributed by atoms with Crippen LogP contribution in [0.2, 0.25) is 0 Å². The zero-order valence-electron chi connectivity index (χ0n) is 21.3. The number of hydrogen-bond donors (Lipinski definition) is 4. The highest BCUT2D eigenvalue weighted by atomic mass is 16.5. The van der Waals surface area contributed by atoms with Crippen LogP contribution in [0.3, 0.4) is 0 Å². The van der Waals surface area contributed by atoms with E-state index in [2.05, 4.69) is 16.0 Å². The van der Waals surface area contributed by atoms with E-state index in [1.54, 1.807) is 0 Å². The number of para-hydroxylation sites is 1. The number of methoxy groups -OCH3 is 2. The van der Waals surface area contributed by atoms with Crippen molar-refractivity contribution in [3.63, 3.8) is 0 Å². The summed E-state index contributed by atoms with van der Waals surface area (Å²) in [7, 11) is 2.88. The summed E-state index contributed by atoms with van der Waals surface area (Å²) in [5.41, 5.74) is 2.68. The first-order valence-corrected chi connectivity index (χ1v) is 12.2. The largest absolute Gasteiger partial charge is 0.493 e. The average molecular weight is 498 g/mol. The minimum Gasteiger partial charge on any atom is -0.493 e. The SMILES string of the molecule is COc1cc(NC(=O)Nc2c(C)cccc2C)c(C(=O)N[C@@H](CC2CCCCC2)C(=O)O)cc1OC. The molecule has 9 heteroatoms. The van der Waals surface area contributed by atoms with Crippen LogP contribution < -0.4 is 25.4 Å². The van der Waals surface area contributed by atoms with Crippen LogP contribution >= 0.6 is 0 Å². The molecule has 36 heavy (non-hydrogen) atoms. The van der Waals surface area contributed by atoms with Gasteiger partial charge in [-0.2, -0.15) is 0 Å². The first-order chi connectivity index (χ1) is 17.2. The van der Waals surface area contributed by atoms with Crippen molar-refractivity contribution in [2.45, 2.75) is 58.4 Å². The summed E-state index contributed by atoms with van der Waals surface area (Å²) < 4.78 is 10.7. The summed E-state index contributed by atoms with van der Waals surface area (Å²) >= 11 is 0. The van der Waals surface area contributed by atoms with Crippen LogP contribution in [-0.4, -0.2) is 43.3 Å². The van der Waals surface area contributed by atoms with Gasteiger partial charge < -0.3 is 30.5 Å². The Kier molecular flexibility index (Phi) is 9.16. The van der Waals surface area contributed by atoms with Gasteiger partial charge in [0.25, 0.3) is 5.91 Å². The molecular formula is C27H35N3O6. The van der Waals surface area contributed by atoms with Gasteiger partial charge in [0, 0.05) is 11.8 Å². The van der Waals surface area contributed by atoms with E-state index in [0.29, 0.717) is 17.9 Å². The van der Waals surface area contributed by atoms with E-state index < -0.39 is 23.9 Å². The van der Waals surface area contributed by atoms with Crippen LogP contribution in [0.4, 0.5) is 16.2 Å². The van der Waals surface area contributed by atoms with Crippen LogP contribution in [0, 0.1) is 19.8 Å². The van der Waals surface area contributed by atoms with Gasteiger partial charge in [-0.1, -0.05) is 50.3 Å². The molecule has 3 amide bonds. The maximum Gasteiger partial charge on any atom is 0.326 e. The van der Waals surface area contributed by atoms with Gasteiger partial charge in [0.05, 0.1) is 25.5 Å². The van der Waals surface area contributed by atoms with E-state index in [1.165, 1.54) is 26.4 Å². The number of anilines is 2. The number of rotatable bonds is 9. The molecule has 0 aliphatic heterocycles. The maximum atomic E-state index is 13.3. The Labute approximate surface area is 211 Å². The molecule has 9 nitrogen and oxygen atoms in total. The van der Waals surface area contributed by atoms with Gasteiger partial charge in [-0.25, -0.2) is 9.59 Å². The van der Waals surface area contributed by atoms with Gasteiger partial charge in [-0.15, -0.1) is 0 Å². The van der Waals surface area contributed by atoms with Crippen molar-refractivity contribution in [2.24, 2.45) is 5.92 Å². The highest BCUT2D eigenvalue weighted by Crippen LogP contribution is 2.34. The molecule has 0 aromatic heterocycles. The molecule has 0 bridgehead atoms. The van der Waals surface area contributed by atoms with Crippen LogP contribution in [0.5, 0.6) is 11.5 Å². The second kappa shape index (κ2) is 12.3. The minimum atomic E-state index is -1.09. The summed E-state index contributed by atoms with van der Waals surface area (Å²) in [6.07, 6.45) is 5.59. The molecule has 194 valence electrons. The van der Waals surface area contributed by atoms with Crippen molar-refractivity contribution in [1.29, 1.82) is 0 Å². The number of amides is 3. The molecule has 0 heterocycles. The number of nitrogens with one attached hydrogen (secondary N) is 3. The number of carbonyl (C=O) groups is 3. The fourth-order valence-electron chi connectivity index (χ4n) is 4.66. The van der Waals surface area contributed by atoms with E-state index in [0.717, 1.165) is 43.2 Å². The van der Waals surface area contributed by atoms with Gasteiger partial charge in [0.2, 0.25) is 0 Å². The topological polar surface area (TPSA) is 126 Å². The maximum absolute atomic E-state index is 13.3. The highest BCUT2D eigenvalue weighted by Gasteiger charge is 2.28. The van der Waals surface area contributed by atoms with Crippen LogP contribution in [-0.2, 0) is 4.79 Å². The molecule has 0 unspecified atom stereocenters. The molecule has 1 atom stereocenters. The van der Waals surface area contributed by atoms with E-state index in [-0.39, 0.29) is 22.9 Å². The van der Waals surface area contributed by atoms with Gasteiger partial charge in [0.1, 0.15) is 6.04 Å². The van der Waals surface area contributed by atoms with Crippen LogP contribution in [0.1, 0.15) is 60.0 Å². The smallest absolute Gasteiger partial charge is 0.326 e. The van der Waals surface area contributed by atoms with Crippen LogP contribution in [0.15, 0.2) is 30.3 Å². The van der Waals surface area contributed by atoms with E-state index in [1.807, 2.05) is 32.0 Å². The molecule has 0 saturated heterocycles. The number of hydrogen-bond acceptors (Lipinski definition) is 5. The van der Waals surface area contributed by atoms with Crippen molar-refractivity contribution < 1.29 is 29.0 Å². The van der Waals surface area contributed by atoms with Gasteiger partial charge in [-0.3, -0.25) is 4.79 Å². The number of carboxylic acids is 1. The Balaban J connectivity index is 1.86. The third kappa shape index (κ3) is 6.68. The summed E-state index contributed by atoms with van der Waals surface area (Å²) in [5.74, 6) is -0.861. The predicted octanol–water partition coefficient (Wildman–Crippen LogP) is 5.12. The highest BCUT2D eigenvalue weighted by molar-refractivity contribution is 6.08. The fraction of sp³-hybridized carbons (Fsp3) is 0.444. The van der Waals surface area contributed by atoms with Crippen molar-refractivity contribution in [2.75, 3.05) is 24.9 Å². The second-order valence-corrected chi connectivity index (χ2v) is 9.20. The quantitative estimate of drug-likeness (QED) is 0.381. The lowest BCUT2D eigenvalue weighted by Gasteiger charge is -2.25. The Morgan fingerprint density at radius 2 is 1.58 bits per heavy atom. The number of ether oxygens (including phenoxy) is 2. The molecule has 1 aliphatic rings. The number of urea groups is 1. The third-order valence-electron chi connectivity index (χ3n) is 6.63. The van der Waals surface area contributed by atoms with Gasteiger partial charge in [-0.05, 0) is 43.4 Å². The fourth-order valence-corrected chi connectivity index (χ4v) is 4.66. The molecule has 4 N–H and O–H groups in total. The molecular weight excluding hydrogens is 462 g/mol. The number of aryl methyl sites for hydroxylation is 2. The molecule has 1 fully saturated rings. The summed E-state index contributed by atoms with van der Waals surface area (Å²) in [6.45, 7) is 3.77. The minimum absolute atomic E-state index is 0.0687. The molecule has 0 radical (unpaired) electrons. The normalized spacial score (nSPS) is 14.4. The molecule has 0 spiro atoms. The van der Waals surface area contributed by atoms with E-state index in [9.17, 15) is 19.5 Å². The Morgan fingerprint density at radius 3 is 2.17 bits per heavy atom. The van der Waals surface area contributed by atoms with E-state index in [4.69, 9.17) is 9.47 Å². The number of aliphatic carboxylic acids is 1. The number of benzene rings is 2. The lowest BCUT2D eigenvalue weighted by atomic mass is 9.85. The molecule has 2 aromatic rings. The zero-order valence-corrected chi connectivity index (χ0v) is 21.3. The van der Waals surface area contributed by atoms with Crippen LogP contribution in [0.25, 0.3) is 0 Å². The summed E-state index contributed by atoms with van der Waals surface area (Å²) in [6, 6.07) is 7.00. The van der Waals surface area contributed by atoms with Gasteiger partial charge in [0.15, 0.2) is 11.5 Å². The zero-order chi connectivity index (χ0) is 26.2. The number of carbonyl (C=O) groups excluding carboxylic acids is 2. The summed E-state index contributed by atoms with van der Waals surface area (Å²) in [4.78, 5) is 38.1. The molecule has 2 aromatic carbocycles. The molecule has 1 aliphatic carbocycles. The number of carboxylic acid groups (broad SMARTS) is 1. The van der Waals surface area contributed by atoms with Crippen molar-refractivity contribution in [3.8, 4) is 11.5 Å². The average Bonchev–Trinajstić information content (AvgIpc) is 2.86. The first kappa shape index (κ1) is 26.8. The first-order valence-electron chi connectivity index (χ1n) is 12.2. The van der Waals surface area contributed by atoms with Gasteiger partial charge >= 0.3 is 12.0 Å². The molecule has 3 rings (SSSR count). The predicted molar refractivity (Wildman–Crippen MR) is 138 cm³/mol. The second-order valence-electron chi connectivity index (χ2n) is 9.20. The monoisotopic (exact) mass is 497 g/mol. The lowest BCUT2D eigenvalue weighted by Crippen LogP contribution is -2.42. The summed E-state index contributed by atoms with van der Waals surface area (Å²) in [5, 5.41) is 18.0. The van der Waals surface area contributed by atoms with E-state index >= 15 is 0 Å².